The fourth-order valence-corrected chi connectivity index (χ4v) is 6.07. The lowest BCUT2D eigenvalue weighted by Crippen LogP contribution is -1.93. The molecule has 5 heteroatoms. The first-order chi connectivity index (χ1) is 22.7. The van der Waals surface area contributed by atoms with E-state index in [2.05, 4.69) is 96.0 Å². The number of benzene rings is 4. The molecule has 0 N–H and O–H groups in total. The molecule has 0 fully saturated rings. The molecule has 4 aromatic carbocycles. The first-order valence-electron chi connectivity index (χ1n) is 15.2. The van der Waals surface area contributed by atoms with Crippen LogP contribution in [-0.4, -0.2) is 24.9 Å². The van der Waals surface area contributed by atoms with Crippen molar-refractivity contribution in [2.75, 3.05) is 0 Å². The molecule has 0 spiro atoms. The van der Waals surface area contributed by atoms with Gasteiger partial charge in [0.15, 0.2) is 0 Å². The first-order valence-corrected chi connectivity index (χ1v) is 15.2. The Kier molecular flexibility index (Phi) is 6.06. The van der Waals surface area contributed by atoms with E-state index in [9.17, 15) is 0 Å². The van der Waals surface area contributed by atoms with Crippen molar-refractivity contribution in [2.45, 2.75) is 0 Å². The van der Waals surface area contributed by atoms with Gasteiger partial charge in [-0.3, -0.25) is 4.98 Å². The molecule has 5 nitrogen and oxygen atoms in total. The standard InChI is InChI=1S/C41H25N5/c1-2-6-26(7-3-1)33-19-17-29-11-12-30-18-22-37(46-41(30)40(29)45-33)36-21-16-28-10-14-32(25-39(28)44-36)31-13-9-27-15-20-35(43-38(27)24-31)34-8-4-5-23-42-34/h1-25H. The third-order valence-electron chi connectivity index (χ3n) is 8.50. The highest BCUT2D eigenvalue weighted by Gasteiger charge is 2.11. The quantitative estimate of drug-likeness (QED) is 0.192. The normalized spacial score (nSPS) is 11.5. The Bertz CT molecular complexity index is 2580. The summed E-state index contributed by atoms with van der Waals surface area (Å²) in [6.07, 6.45) is 1.79. The number of hydrogen-bond acceptors (Lipinski definition) is 5. The topological polar surface area (TPSA) is 64.5 Å². The molecule has 0 amide bonds. The van der Waals surface area contributed by atoms with Crippen LogP contribution in [-0.2, 0) is 0 Å². The van der Waals surface area contributed by atoms with E-state index in [1.165, 1.54) is 0 Å². The average molecular weight is 588 g/mol. The van der Waals surface area contributed by atoms with E-state index in [-0.39, 0.29) is 0 Å². The van der Waals surface area contributed by atoms with Gasteiger partial charge in [-0.05, 0) is 59.7 Å². The molecule has 0 saturated heterocycles. The van der Waals surface area contributed by atoms with Crippen molar-refractivity contribution in [2.24, 2.45) is 0 Å². The van der Waals surface area contributed by atoms with Gasteiger partial charge in [-0.2, -0.15) is 0 Å². The molecule has 0 aliphatic rings. The van der Waals surface area contributed by atoms with E-state index in [1.807, 2.05) is 54.6 Å². The molecule has 214 valence electrons. The van der Waals surface area contributed by atoms with Gasteiger partial charge in [0.1, 0.15) is 0 Å². The zero-order valence-corrected chi connectivity index (χ0v) is 24.7. The molecule has 0 bridgehead atoms. The van der Waals surface area contributed by atoms with Crippen LogP contribution in [0.25, 0.3) is 88.8 Å². The van der Waals surface area contributed by atoms with Gasteiger partial charge in [0.2, 0.25) is 0 Å². The molecular formula is C41H25N5. The Morgan fingerprint density at radius 3 is 1.39 bits per heavy atom. The van der Waals surface area contributed by atoms with Crippen molar-refractivity contribution in [3.63, 3.8) is 0 Å². The summed E-state index contributed by atoms with van der Waals surface area (Å²) in [6.45, 7) is 0. The van der Waals surface area contributed by atoms with Gasteiger partial charge in [-0.25, -0.2) is 19.9 Å². The second-order valence-electron chi connectivity index (χ2n) is 11.4. The molecule has 0 saturated carbocycles. The minimum Gasteiger partial charge on any atom is -0.255 e. The highest BCUT2D eigenvalue weighted by atomic mass is 14.8. The maximum atomic E-state index is 5.12. The van der Waals surface area contributed by atoms with Crippen LogP contribution in [0, 0.1) is 0 Å². The molecule has 9 rings (SSSR count). The van der Waals surface area contributed by atoms with E-state index in [4.69, 9.17) is 19.9 Å². The van der Waals surface area contributed by atoms with Crippen molar-refractivity contribution in [3.8, 4) is 45.2 Å². The molecule has 5 heterocycles. The Balaban J connectivity index is 1.11. The molecule has 5 aromatic heterocycles. The summed E-state index contributed by atoms with van der Waals surface area (Å²) < 4.78 is 0. The summed E-state index contributed by atoms with van der Waals surface area (Å²) in [5.41, 5.74) is 11.1. The highest BCUT2D eigenvalue weighted by molar-refractivity contribution is 6.04. The fourth-order valence-electron chi connectivity index (χ4n) is 6.07. The van der Waals surface area contributed by atoms with E-state index in [0.29, 0.717) is 0 Å². The SMILES string of the molecule is c1ccc(-c2ccc3ccc4ccc(-c5ccc6ccc(-c7ccc8ccc(-c9ccccn9)nc8c7)cc6n5)nc4c3n2)cc1. The zero-order chi connectivity index (χ0) is 30.5. The highest BCUT2D eigenvalue weighted by Crippen LogP contribution is 2.31. The van der Waals surface area contributed by atoms with Gasteiger partial charge >= 0.3 is 0 Å². The van der Waals surface area contributed by atoms with Crippen LogP contribution in [0.2, 0.25) is 0 Å². The van der Waals surface area contributed by atoms with Gasteiger partial charge < -0.3 is 0 Å². The second-order valence-corrected chi connectivity index (χ2v) is 11.4. The summed E-state index contributed by atoms with van der Waals surface area (Å²) in [4.78, 5) is 24.7. The van der Waals surface area contributed by atoms with Crippen molar-refractivity contribution in [3.05, 3.63) is 152 Å². The van der Waals surface area contributed by atoms with Crippen LogP contribution in [0.15, 0.2) is 152 Å². The van der Waals surface area contributed by atoms with Gasteiger partial charge in [0.25, 0.3) is 0 Å². The summed E-state index contributed by atoms with van der Waals surface area (Å²) in [5, 5.41) is 4.27. The number of rotatable bonds is 4. The Morgan fingerprint density at radius 1 is 0.304 bits per heavy atom. The lowest BCUT2D eigenvalue weighted by Gasteiger charge is -2.09. The van der Waals surface area contributed by atoms with E-state index in [0.717, 1.165) is 88.8 Å². The molecule has 46 heavy (non-hydrogen) atoms. The van der Waals surface area contributed by atoms with Crippen LogP contribution in [0.5, 0.6) is 0 Å². The van der Waals surface area contributed by atoms with Crippen molar-refractivity contribution >= 4 is 43.6 Å². The Labute approximate surface area is 264 Å². The molecule has 0 aliphatic heterocycles. The summed E-state index contributed by atoms with van der Waals surface area (Å²) in [6, 6.07) is 49.8. The average Bonchev–Trinajstić information content (AvgIpc) is 3.14. The summed E-state index contributed by atoms with van der Waals surface area (Å²) in [7, 11) is 0. The summed E-state index contributed by atoms with van der Waals surface area (Å²) in [5.74, 6) is 0. The molecular weight excluding hydrogens is 562 g/mol. The Hall–Kier alpha value is -6.33. The number of nitrogens with zero attached hydrogens (tertiary/aromatic N) is 5. The lowest BCUT2D eigenvalue weighted by atomic mass is 10.0. The predicted octanol–water partition coefficient (Wildman–Crippen LogP) is 9.94. The van der Waals surface area contributed by atoms with Crippen LogP contribution in [0.3, 0.4) is 0 Å². The number of aromatic nitrogens is 5. The smallest absolute Gasteiger partial charge is 0.0973 e. The van der Waals surface area contributed by atoms with Crippen molar-refractivity contribution < 1.29 is 0 Å². The van der Waals surface area contributed by atoms with Gasteiger partial charge in [-0.1, -0.05) is 97.1 Å². The van der Waals surface area contributed by atoms with Crippen LogP contribution < -0.4 is 0 Å². The maximum absolute atomic E-state index is 5.12. The Morgan fingerprint density at radius 2 is 0.783 bits per heavy atom. The molecule has 0 radical (unpaired) electrons. The van der Waals surface area contributed by atoms with Gasteiger partial charge in [0, 0.05) is 33.3 Å². The van der Waals surface area contributed by atoms with E-state index < -0.39 is 0 Å². The predicted molar refractivity (Wildman–Crippen MR) is 187 cm³/mol. The summed E-state index contributed by atoms with van der Waals surface area (Å²) >= 11 is 0. The molecule has 9 aromatic rings. The van der Waals surface area contributed by atoms with Crippen LogP contribution in [0.4, 0.5) is 0 Å². The van der Waals surface area contributed by atoms with E-state index in [1.54, 1.807) is 6.20 Å². The van der Waals surface area contributed by atoms with Gasteiger partial charge in [-0.15, -0.1) is 0 Å². The van der Waals surface area contributed by atoms with E-state index >= 15 is 0 Å². The largest absolute Gasteiger partial charge is 0.255 e. The van der Waals surface area contributed by atoms with Crippen LogP contribution in [0.1, 0.15) is 0 Å². The zero-order valence-electron chi connectivity index (χ0n) is 24.7. The third kappa shape index (κ3) is 4.62. The third-order valence-corrected chi connectivity index (χ3v) is 8.50. The number of fused-ring (bicyclic) bond motifs is 5. The van der Waals surface area contributed by atoms with Crippen molar-refractivity contribution in [1.82, 2.24) is 24.9 Å². The molecule has 0 unspecified atom stereocenters. The van der Waals surface area contributed by atoms with Gasteiger partial charge in [0.05, 0.1) is 50.5 Å². The number of hydrogen-bond donors (Lipinski definition) is 0. The monoisotopic (exact) mass is 587 g/mol. The molecule has 0 aliphatic carbocycles. The first kappa shape index (κ1) is 26.1. The minimum atomic E-state index is 0.816. The van der Waals surface area contributed by atoms with Crippen molar-refractivity contribution in [1.29, 1.82) is 0 Å². The second kappa shape index (κ2) is 10.7. The lowest BCUT2D eigenvalue weighted by molar-refractivity contribution is 1.28. The minimum absolute atomic E-state index is 0.816. The molecule has 0 atom stereocenters. The number of pyridine rings is 5. The van der Waals surface area contributed by atoms with Crippen LogP contribution >= 0.6 is 0 Å². The maximum Gasteiger partial charge on any atom is 0.0973 e. The fraction of sp³-hybridized carbons (Fsp3) is 0.